The fourth-order valence-electron chi connectivity index (χ4n) is 1.95. The van der Waals surface area contributed by atoms with Crippen LogP contribution in [0, 0.1) is 19.7 Å². The average Bonchev–Trinajstić information content (AvgIpc) is 2.56. The van der Waals surface area contributed by atoms with Crippen molar-refractivity contribution in [1.29, 1.82) is 0 Å². The van der Waals surface area contributed by atoms with Crippen molar-refractivity contribution < 1.29 is 23.5 Å². The van der Waals surface area contributed by atoms with Crippen molar-refractivity contribution >= 4 is 17.6 Å². The van der Waals surface area contributed by atoms with Gasteiger partial charge in [-0.1, -0.05) is 24.3 Å². The molecule has 0 unspecified atom stereocenters. The Kier molecular flexibility index (Phi) is 5.89. The Bertz CT molecular complexity index is 746. The molecule has 0 aliphatic carbocycles. The molecular formula is C18H18FNO4. The molecule has 0 aliphatic rings. The summed E-state index contributed by atoms with van der Waals surface area (Å²) in [6, 6.07) is 11.2. The van der Waals surface area contributed by atoms with Crippen LogP contribution in [0.25, 0.3) is 0 Å². The molecule has 0 atom stereocenters. The van der Waals surface area contributed by atoms with Crippen LogP contribution >= 0.6 is 0 Å². The van der Waals surface area contributed by atoms with Crippen molar-refractivity contribution in [3.63, 3.8) is 0 Å². The second-order valence-electron chi connectivity index (χ2n) is 5.18. The van der Waals surface area contributed by atoms with Gasteiger partial charge in [-0.25, -0.2) is 9.18 Å². The van der Waals surface area contributed by atoms with E-state index >= 15 is 0 Å². The normalized spacial score (nSPS) is 10.1. The molecule has 0 aromatic heterocycles. The lowest BCUT2D eigenvalue weighted by atomic mass is 10.1. The zero-order valence-corrected chi connectivity index (χ0v) is 13.5. The summed E-state index contributed by atoms with van der Waals surface area (Å²) < 4.78 is 23.6. The molecule has 0 saturated carbocycles. The smallest absolute Gasteiger partial charge is 0.344 e. The van der Waals surface area contributed by atoms with E-state index in [0.717, 1.165) is 11.1 Å². The third kappa shape index (κ3) is 4.81. The number of esters is 1. The van der Waals surface area contributed by atoms with Gasteiger partial charge in [-0.3, -0.25) is 4.79 Å². The number of amides is 1. The van der Waals surface area contributed by atoms with E-state index in [0.29, 0.717) is 5.75 Å². The zero-order valence-electron chi connectivity index (χ0n) is 13.5. The average molecular weight is 331 g/mol. The van der Waals surface area contributed by atoms with Crippen LogP contribution in [-0.4, -0.2) is 25.1 Å². The van der Waals surface area contributed by atoms with E-state index in [9.17, 15) is 14.0 Å². The molecule has 0 heterocycles. The Labute approximate surface area is 139 Å². The fourth-order valence-corrected chi connectivity index (χ4v) is 1.95. The highest BCUT2D eigenvalue weighted by Gasteiger charge is 2.11. The summed E-state index contributed by atoms with van der Waals surface area (Å²) in [4.78, 5) is 23.3. The number of hydrogen-bond donors (Lipinski definition) is 1. The minimum atomic E-state index is -0.681. The molecule has 0 bridgehead atoms. The second-order valence-corrected chi connectivity index (χ2v) is 5.18. The van der Waals surface area contributed by atoms with Crippen LogP contribution in [0.1, 0.15) is 11.1 Å². The molecule has 0 radical (unpaired) electrons. The van der Waals surface area contributed by atoms with Crippen LogP contribution in [0.15, 0.2) is 42.5 Å². The van der Waals surface area contributed by atoms with Gasteiger partial charge in [-0.05, 0) is 43.2 Å². The number of benzene rings is 2. The number of halogens is 1. The highest BCUT2D eigenvalue weighted by Crippen LogP contribution is 2.20. The summed E-state index contributed by atoms with van der Waals surface area (Å²) in [6.45, 7) is 3.01. The van der Waals surface area contributed by atoms with E-state index in [1.54, 1.807) is 12.1 Å². The lowest BCUT2D eigenvalue weighted by Gasteiger charge is -2.11. The van der Waals surface area contributed by atoms with E-state index in [1.807, 2.05) is 26.0 Å². The van der Waals surface area contributed by atoms with Crippen LogP contribution in [0.3, 0.4) is 0 Å². The minimum absolute atomic E-state index is 0.0326. The van der Waals surface area contributed by atoms with E-state index in [4.69, 9.17) is 9.47 Å². The summed E-state index contributed by atoms with van der Waals surface area (Å²) in [5, 5.41) is 2.32. The fraction of sp³-hybridized carbons (Fsp3) is 0.222. The summed E-state index contributed by atoms with van der Waals surface area (Å²) in [7, 11) is 0. The van der Waals surface area contributed by atoms with Crippen LogP contribution in [0.5, 0.6) is 5.75 Å². The van der Waals surface area contributed by atoms with Crippen molar-refractivity contribution in [1.82, 2.24) is 0 Å². The van der Waals surface area contributed by atoms with Crippen molar-refractivity contribution in [3.05, 3.63) is 59.4 Å². The Morgan fingerprint density at radius 3 is 2.54 bits per heavy atom. The maximum Gasteiger partial charge on any atom is 0.344 e. The van der Waals surface area contributed by atoms with Gasteiger partial charge in [0.2, 0.25) is 0 Å². The molecule has 0 saturated heterocycles. The maximum absolute atomic E-state index is 13.4. The predicted molar refractivity (Wildman–Crippen MR) is 87.4 cm³/mol. The van der Waals surface area contributed by atoms with Crippen molar-refractivity contribution in [2.75, 3.05) is 18.5 Å². The van der Waals surface area contributed by atoms with Crippen LogP contribution in [0.4, 0.5) is 10.1 Å². The SMILES string of the molecule is Cc1cccc(OCC(=O)OCC(=O)Nc2ccccc2F)c1C. The Balaban J connectivity index is 1.78. The quantitative estimate of drug-likeness (QED) is 0.827. The Morgan fingerprint density at radius 1 is 1.04 bits per heavy atom. The molecule has 126 valence electrons. The number of ether oxygens (including phenoxy) is 2. The van der Waals surface area contributed by atoms with Gasteiger partial charge in [0.15, 0.2) is 13.2 Å². The standard InChI is InChI=1S/C18H18FNO4/c1-12-6-5-9-16(13(12)2)23-11-18(22)24-10-17(21)20-15-8-4-3-7-14(15)19/h3-9H,10-11H2,1-2H3,(H,20,21). The number of carbonyl (C=O) groups excluding carboxylic acids is 2. The number of nitrogens with one attached hydrogen (secondary N) is 1. The number of para-hydroxylation sites is 1. The summed E-state index contributed by atoms with van der Waals surface area (Å²) in [5.41, 5.74) is 2.01. The molecule has 1 amide bonds. The molecule has 0 aliphatic heterocycles. The molecule has 2 aromatic rings. The van der Waals surface area contributed by atoms with Gasteiger partial charge in [0, 0.05) is 0 Å². The van der Waals surface area contributed by atoms with Gasteiger partial charge in [0.25, 0.3) is 5.91 Å². The number of carbonyl (C=O) groups is 2. The maximum atomic E-state index is 13.4. The highest BCUT2D eigenvalue weighted by molar-refractivity contribution is 5.92. The third-order valence-electron chi connectivity index (χ3n) is 3.41. The van der Waals surface area contributed by atoms with Gasteiger partial charge < -0.3 is 14.8 Å². The first-order valence-corrected chi connectivity index (χ1v) is 7.36. The van der Waals surface area contributed by atoms with Crippen molar-refractivity contribution in [2.24, 2.45) is 0 Å². The third-order valence-corrected chi connectivity index (χ3v) is 3.41. The van der Waals surface area contributed by atoms with Gasteiger partial charge in [0.05, 0.1) is 5.69 Å². The number of aryl methyl sites for hydroxylation is 1. The molecule has 6 heteroatoms. The largest absolute Gasteiger partial charge is 0.482 e. The highest BCUT2D eigenvalue weighted by atomic mass is 19.1. The number of anilines is 1. The van der Waals surface area contributed by atoms with Crippen molar-refractivity contribution in [2.45, 2.75) is 13.8 Å². The summed E-state index contributed by atoms with van der Waals surface area (Å²) in [5.74, 6) is -1.28. The monoisotopic (exact) mass is 331 g/mol. The minimum Gasteiger partial charge on any atom is -0.482 e. The molecule has 0 fully saturated rings. The van der Waals surface area contributed by atoms with Gasteiger partial charge in [-0.2, -0.15) is 0 Å². The van der Waals surface area contributed by atoms with Gasteiger partial charge in [0.1, 0.15) is 11.6 Å². The van der Waals surface area contributed by atoms with Gasteiger partial charge in [-0.15, -0.1) is 0 Å². The molecule has 24 heavy (non-hydrogen) atoms. The first-order valence-electron chi connectivity index (χ1n) is 7.36. The van der Waals surface area contributed by atoms with Crippen molar-refractivity contribution in [3.8, 4) is 5.75 Å². The number of rotatable bonds is 6. The lowest BCUT2D eigenvalue weighted by Crippen LogP contribution is -2.24. The molecule has 0 spiro atoms. The van der Waals surface area contributed by atoms with E-state index in [2.05, 4.69) is 5.32 Å². The first kappa shape index (κ1) is 17.5. The molecule has 2 rings (SSSR count). The Hall–Kier alpha value is -2.89. The lowest BCUT2D eigenvalue weighted by molar-refractivity contribution is -0.149. The summed E-state index contributed by atoms with van der Waals surface area (Å²) in [6.07, 6.45) is 0. The van der Waals surface area contributed by atoms with E-state index < -0.39 is 24.3 Å². The van der Waals surface area contributed by atoms with E-state index in [-0.39, 0.29) is 12.3 Å². The van der Waals surface area contributed by atoms with E-state index in [1.165, 1.54) is 18.2 Å². The first-order chi connectivity index (χ1) is 11.5. The number of hydrogen-bond acceptors (Lipinski definition) is 4. The predicted octanol–water partition coefficient (Wildman–Crippen LogP) is 3.00. The molecule has 2 aromatic carbocycles. The molecular weight excluding hydrogens is 313 g/mol. The van der Waals surface area contributed by atoms with Gasteiger partial charge >= 0.3 is 5.97 Å². The topological polar surface area (TPSA) is 64.6 Å². The summed E-state index contributed by atoms with van der Waals surface area (Å²) >= 11 is 0. The van der Waals surface area contributed by atoms with Crippen LogP contribution in [0.2, 0.25) is 0 Å². The molecule has 1 N–H and O–H groups in total. The second kappa shape index (κ2) is 8.10. The Morgan fingerprint density at radius 2 is 1.79 bits per heavy atom. The zero-order chi connectivity index (χ0) is 17.5. The molecule has 5 nitrogen and oxygen atoms in total. The van der Waals surface area contributed by atoms with Crippen LogP contribution < -0.4 is 10.1 Å². The van der Waals surface area contributed by atoms with Crippen LogP contribution in [-0.2, 0) is 14.3 Å².